The van der Waals surface area contributed by atoms with Gasteiger partial charge in [-0.1, -0.05) is 0 Å². The minimum atomic E-state index is -3.45. The lowest BCUT2D eigenvalue weighted by atomic mass is 10.3. The molecule has 1 rings (SSSR count). The van der Waals surface area contributed by atoms with Crippen molar-refractivity contribution in [3.63, 3.8) is 0 Å². The molecule has 4 nitrogen and oxygen atoms in total. The molecule has 0 unspecified atom stereocenters. The van der Waals surface area contributed by atoms with E-state index in [4.69, 9.17) is 11.5 Å². The van der Waals surface area contributed by atoms with Crippen LogP contribution in [0.1, 0.15) is 13.8 Å². The molecule has 0 spiro atoms. The predicted molar refractivity (Wildman–Crippen MR) is 69.7 cm³/mol. The van der Waals surface area contributed by atoms with Crippen LogP contribution >= 0.6 is 0 Å². The van der Waals surface area contributed by atoms with Gasteiger partial charge < -0.3 is 11.5 Å². The summed E-state index contributed by atoms with van der Waals surface area (Å²) in [5, 5.41) is 0. The Bertz CT molecular complexity index is 551. The van der Waals surface area contributed by atoms with Gasteiger partial charge in [0.1, 0.15) is 0 Å². The van der Waals surface area contributed by atoms with Crippen LogP contribution in [0, 0.1) is 0 Å². The maximum Gasteiger partial charge on any atom is 0.202 e. The number of nitrogen functional groups attached to an aromatic ring is 1. The third kappa shape index (κ3) is 3.35. The fraction of sp³-hybridized carbons (Fsp3) is 0.167. The van der Waals surface area contributed by atoms with Gasteiger partial charge in [-0.05, 0) is 50.3 Å². The molecule has 0 aliphatic heterocycles. The number of hydrogen-bond donors (Lipinski definition) is 2. The van der Waals surface area contributed by atoms with Crippen molar-refractivity contribution in [1.82, 2.24) is 0 Å². The first-order valence-corrected chi connectivity index (χ1v) is 6.53. The Morgan fingerprint density at radius 3 is 2.12 bits per heavy atom. The molecule has 0 radical (unpaired) electrons. The lowest BCUT2D eigenvalue weighted by Gasteiger charge is -2.04. The molecule has 5 heteroatoms. The molecule has 92 valence electrons. The summed E-state index contributed by atoms with van der Waals surface area (Å²) in [6.45, 7) is 3.23. The highest BCUT2D eigenvalue weighted by Gasteiger charge is 2.15. The first-order valence-electron chi connectivity index (χ1n) is 5.05. The minimum absolute atomic E-state index is 0.225. The molecule has 1 aromatic rings. The van der Waals surface area contributed by atoms with E-state index in [9.17, 15) is 8.42 Å². The summed E-state index contributed by atoms with van der Waals surface area (Å²) in [6, 6.07) is 6.09. The van der Waals surface area contributed by atoms with Crippen LogP contribution in [-0.2, 0) is 9.84 Å². The minimum Gasteiger partial charge on any atom is -0.402 e. The van der Waals surface area contributed by atoms with E-state index in [0.717, 1.165) is 0 Å². The first kappa shape index (κ1) is 13.3. The van der Waals surface area contributed by atoms with Crippen LogP contribution in [0.3, 0.4) is 0 Å². The normalized spacial score (nSPS) is 13.8. The summed E-state index contributed by atoms with van der Waals surface area (Å²) in [4.78, 5) is 0.468. The molecule has 17 heavy (non-hydrogen) atoms. The predicted octanol–water partition coefficient (Wildman–Crippen LogP) is 1.81. The van der Waals surface area contributed by atoms with Gasteiger partial charge in [0.25, 0.3) is 0 Å². The van der Waals surface area contributed by atoms with Crippen LogP contribution in [0.25, 0.3) is 0 Å². The molecule has 0 amide bonds. The second-order valence-corrected chi connectivity index (χ2v) is 5.88. The summed E-state index contributed by atoms with van der Waals surface area (Å²) in [5.74, 6) is 0. The molecule has 4 N–H and O–H groups in total. The van der Waals surface area contributed by atoms with Gasteiger partial charge in [0.15, 0.2) is 0 Å². The van der Waals surface area contributed by atoms with Gasteiger partial charge in [-0.15, -0.1) is 0 Å². The third-order valence-corrected chi connectivity index (χ3v) is 4.07. The van der Waals surface area contributed by atoms with Crippen LogP contribution in [0.2, 0.25) is 0 Å². The van der Waals surface area contributed by atoms with Gasteiger partial charge in [0.05, 0.1) is 4.90 Å². The second kappa shape index (κ2) is 5.05. The highest BCUT2D eigenvalue weighted by Crippen LogP contribution is 2.19. The maximum atomic E-state index is 12.1. The zero-order chi connectivity index (χ0) is 13.1. The summed E-state index contributed by atoms with van der Waals surface area (Å²) < 4.78 is 24.2. The number of nitrogens with two attached hydrogens (primary N) is 2. The van der Waals surface area contributed by atoms with Crippen molar-refractivity contribution in [2.75, 3.05) is 5.73 Å². The number of benzene rings is 1. The van der Waals surface area contributed by atoms with Gasteiger partial charge in [-0.3, -0.25) is 0 Å². The average Bonchev–Trinajstić information content (AvgIpc) is 2.26. The quantitative estimate of drug-likeness (QED) is 0.634. The molecule has 0 heterocycles. The van der Waals surface area contributed by atoms with Gasteiger partial charge in [0, 0.05) is 16.3 Å². The molecule has 0 aliphatic carbocycles. The van der Waals surface area contributed by atoms with E-state index in [0.29, 0.717) is 11.4 Å². The highest BCUT2D eigenvalue weighted by molar-refractivity contribution is 7.95. The third-order valence-electron chi connectivity index (χ3n) is 2.20. The maximum absolute atomic E-state index is 12.1. The van der Waals surface area contributed by atoms with Crippen LogP contribution in [0.5, 0.6) is 0 Å². The standard InChI is InChI=1S/C12H16N2O2S/c1-9(13)3-4-10(2)17(15,16)12-7-5-11(14)6-8-12/h3-8H,13-14H2,1-2H3/b9-3+,10-4+. The van der Waals surface area contributed by atoms with Crippen LogP contribution < -0.4 is 11.5 Å². The number of rotatable bonds is 3. The summed E-state index contributed by atoms with van der Waals surface area (Å²) in [5.41, 5.74) is 12.0. The van der Waals surface area contributed by atoms with Gasteiger partial charge in [-0.25, -0.2) is 8.42 Å². The van der Waals surface area contributed by atoms with Crippen molar-refractivity contribution in [2.45, 2.75) is 18.7 Å². The Balaban J connectivity index is 3.16. The van der Waals surface area contributed by atoms with Crippen LogP contribution in [0.15, 0.2) is 51.9 Å². The van der Waals surface area contributed by atoms with E-state index in [1.54, 1.807) is 25.1 Å². The Kier molecular flexibility index (Phi) is 3.96. The summed E-state index contributed by atoms with van der Waals surface area (Å²) >= 11 is 0. The van der Waals surface area contributed by atoms with Gasteiger partial charge in [-0.2, -0.15) is 0 Å². The topological polar surface area (TPSA) is 86.2 Å². The number of anilines is 1. The fourth-order valence-electron chi connectivity index (χ4n) is 1.17. The van der Waals surface area contributed by atoms with Crippen LogP contribution in [-0.4, -0.2) is 8.42 Å². The Hall–Kier alpha value is -1.75. The van der Waals surface area contributed by atoms with Gasteiger partial charge >= 0.3 is 0 Å². The molecule has 0 bridgehead atoms. The molecule has 1 aromatic carbocycles. The van der Waals surface area contributed by atoms with E-state index in [1.807, 2.05) is 0 Å². The number of hydrogen-bond acceptors (Lipinski definition) is 4. The first-order chi connectivity index (χ1) is 7.84. The molecule has 0 atom stereocenters. The molecule has 0 saturated heterocycles. The fourth-order valence-corrected chi connectivity index (χ4v) is 2.28. The Morgan fingerprint density at radius 2 is 1.65 bits per heavy atom. The monoisotopic (exact) mass is 252 g/mol. The SMILES string of the molecule is C/C(N)=C\C=C(/C)S(=O)(=O)c1ccc(N)cc1. The molecule has 0 aromatic heterocycles. The van der Waals surface area contributed by atoms with Crippen molar-refractivity contribution in [3.05, 3.63) is 47.0 Å². The zero-order valence-corrected chi connectivity index (χ0v) is 10.7. The Morgan fingerprint density at radius 1 is 1.12 bits per heavy atom. The van der Waals surface area contributed by atoms with E-state index >= 15 is 0 Å². The molecule has 0 aliphatic rings. The lowest BCUT2D eigenvalue weighted by Crippen LogP contribution is -2.02. The van der Waals surface area contributed by atoms with Crippen molar-refractivity contribution in [3.8, 4) is 0 Å². The molecule has 0 saturated carbocycles. The van der Waals surface area contributed by atoms with Crippen molar-refractivity contribution < 1.29 is 8.42 Å². The smallest absolute Gasteiger partial charge is 0.202 e. The largest absolute Gasteiger partial charge is 0.402 e. The van der Waals surface area contributed by atoms with Crippen molar-refractivity contribution in [2.24, 2.45) is 5.73 Å². The number of allylic oxidation sites excluding steroid dienone is 4. The van der Waals surface area contributed by atoms with E-state index in [2.05, 4.69) is 0 Å². The van der Waals surface area contributed by atoms with E-state index in [-0.39, 0.29) is 9.80 Å². The van der Waals surface area contributed by atoms with E-state index < -0.39 is 9.84 Å². The zero-order valence-electron chi connectivity index (χ0n) is 9.84. The number of sulfone groups is 1. The van der Waals surface area contributed by atoms with Gasteiger partial charge in [0.2, 0.25) is 9.84 Å². The second-order valence-electron chi connectivity index (χ2n) is 3.76. The summed E-state index contributed by atoms with van der Waals surface area (Å²) in [7, 11) is -3.45. The molecular weight excluding hydrogens is 236 g/mol. The molecular formula is C12H16N2O2S. The molecule has 0 fully saturated rings. The van der Waals surface area contributed by atoms with Crippen molar-refractivity contribution >= 4 is 15.5 Å². The lowest BCUT2D eigenvalue weighted by molar-refractivity contribution is 0.602. The summed E-state index contributed by atoms with van der Waals surface area (Å²) in [6.07, 6.45) is 3.05. The average molecular weight is 252 g/mol. The van der Waals surface area contributed by atoms with E-state index in [1.165, 1.54) is 25.1 Å². The Labute approximate surface area is 102 Å². The highest BCUT2D eigenvalue weighted by atomic mass is 32.2. The van der Waals surface area contributed by atoms with Crippen molar-refractivity contribution in [1.29, 1.82) is 0 Å². The van der Waals surface area contributed by atoms with Crippen LogP contribution in [0.4, 0.5) is 5.69 Å².